The molecule has 1 saturated carbocycles. The van der Waals surface area contributed by atoms with Crippen LogP contribution in [-0.4, -0.2) is 29.2 Å². The van der Waals surface area contributed by atoms with E-state index < -0.39 is 0 Å². The van der Waals surface area contributed by atoms with Crippen molar-refractivity contribution < 1.29 is 4.79 Å². The monoisotopic (exact) mass is 259 g/mol. The Balaban J connectivity index is 1.73. The lowest BCUT2D eigenvalue weighted by Crippen LogP contribution is -2.38. The van der Waals surface area contributed by atoms with Crippen molar-refractivity contribution in [3.05, 3.63) is 0 Å². The predicted molar refractivity (Wildman–Crippen MR) is 60.4 cm³/mol. The molecule has 0 unspecified atom stereocenters. The highest BCUT2D eigenvalue weighted by Crippen LogP contribution is 2.33. The molecular weight excluding hydrogens is 242 g/mol. The van der Waals surface area contributed by atoms with E-state index in [1.54, 1.807) is 0 Å². The smallest absolute Gasteiger partial charge is 0.222 e. The molecule has 0 atom stereocenters. The van der Waals surface area contributed by atoms with Crippen LogP contribution in [0.3, 0.4) is 0 Å². The first kappa shape index (κ1) is 10.5. The molecule has 2 aliphatic rings. The molecular formula is C11H18BrNO. The Morgan fingerprint density at radius 1 is 1.14 bits per heavy atom. The highest BCUT2D eigenvalue weighted by Gasteiger charge is 2.28. The van der Waals surface area contributed by atoms with Crippen LogP contribution in [0.1, 0.15) is 32.1 Å². The summed E-state index contributed by atoms with van der Waals surface area (Å²) < 4.78 is 0. The number of rotatable bonds is 3. The van der Waals surface area contributed by atoms with Crippen LogP contribution in [0.2, 0.25) is 0 Å². The molecule has 1 amide bonds. The fourth-order valence-electron chi connectivity index (χ4n) is 2.03. The Morgan fingerprint density at radius 2 is 1.79 bits per heavy atom. The number of nitrogens with zero attached hydrogens (tertiary/aromatic N) is 1. The molecule has 0 aromatic carbocycles. The van der Waals surface area contributed by atoms with Crippen molar-refractivity contribution >= 4 is 21.8 Å². The number of hydrogen-bond donors (Lipinski definition) is 0. The van der Waals surface area contributed by atoms with Gasteiger partial charge in [-0.1, -0.05) is 15.9 Å². The molecule has 0 bridgehead atoms. The highest BCUT2D eigenvalue weighted by molar-refractivity contribution is 9.09. The lowest BCUT2D eigenvalue weighted by molar-refractivity contribution is -0.132. The molecule has 2 nitrogen and oxygen atoms in total. The Morgan fingerprint density at radius 3 is 2.29 bits per heavy atom. The van der Waals surface area contributed by atoms with Gasteiger partial charge >= 0.3 is 0 Å². The number of hydrogen-bond acceptors (Lipinski definition) is 1. The van der Waals surface area contributed by atoms with Crippen LogP contribution in [0.4, 0.5) is 0 Å². The van der Waals surface area contributed by atoms with E-state index in [-0.39, 0.29) is 0 Å². The van der Waals surface area contributed by atoms with Gasteiger partial charge in [0.05, 0.1) is 0 Å². The molecule has 0 N–H and O–H groups in total. The summed E-state index contributed by atoms with van der Waals surface area (Å²) >= 11 is 3.51. The predicted octanol–water partition coefficient (Wildman–Crippen LogP) is 2.42. The van der Waals surface area contributed by atoms with Crippen molar-refractivity contribution in [3.63, 3.8) is 0 Å². The lowest BCUT2D eigenvalue weighted by Gasteiger charge is -2.31. The zero-order chi connectivity index (χ0) is 9.97. The van der Waals surface area contributed by atoms with Crippen molar-refractivity contribution in [2.24, 2.45) is 11.8 Å². The highest BCUT2D eigenvalue weighted by atomic mass is 79.9. The molecule has 1 aliphatic heterocycles. The van der Waals surface area contributed by atoms with E-state index >= 15 is 0 Å². The number of piperidine rings is 1. The first-order valence-corrected chi connectivity index (χ1v) is 6.75. The first-order valence-electron chi connectivity index (χ1n) is 5.63. The third-order valence-electron chi connectivity index (χ3n) is 3.35. The van der Waals surface area contributed by atoms with Crippen molar-refractivity contribution in [3.8, 4) is 0 Å². The Labute approximate surface area is 94.2 Å². The molecule has 2 rings (SSSR count). The fourth-order valence-corrected chi connectivity index (χ4v) is 2.68. The average molecular weight is 260 g/mol. The third-order valence-corrected chi connectivity index (χ3v) is 4.26. The van der Waals surface area contributed by atoms with E-state index in [0.717, 1.165) is 36.7 Å². The van der Waals surface area contributed by atoms with Crippen LogP contribution < -0.4 is 0 Å². The summed E-state index contributed by atoms with van der Waals surface area (Å²) in [7, 11) is 0. The second-order valence-corrected chi connectivity index (χ2v) is 5.27. The summed E-state index contributed by atoms with van der Waals surface area (Å²) in [5, 5.41) is 1.09. The van der Waals surface area contributed by atoms with Crippen LogP contribution >= 0.6 is 15.9 Å². The normalized spacial score (nSPS) is 23.9. The molecule has 0 radical (unpaired) electrons. The third kappa shape index (κ3) is 2.72. The quantitative estimate of drug-likeness (QED) is 0.714. The fraction of sp³-hybridized carbons (Fsp3) is 0.909. The number of carbonyl (C=O) groups excluding carboxylic acids is 1. The zero-order valence-corrected chi connectivity index (χ0v) is 10.1. The molecule has 0 spiro atoms. The van der Waals surface area contributed by atoms with Crippen molar-refractivity contribution in [1.82, 2.24) is 4.90 Å². The molecule has 2 fully saturated rings. The van der Waals surface area contributed by atoms with E-state index in [2.05, 4.69) is 20.8 Å². The Kier molecular flexibility index (Phi) is 3.47. The van der Waals surface area contributed by atoms with Crippen LogP contribution in [0.25, 0.3) is 0 Å². The largest absolute Gasteiger partial charge is 0.343 e. The van der Waals surface area contributed by atoms with Gasteiger partial charge in [-0.2, -0.15) is 0 Å². The van der Waals surface area contributed by atoms with Crippen molar-refractivity contribution in [1.29, 1.82) is 0 Å². The van der Waals surface area contributed by atoms with Crippen LogP contribution in [0, 0.1) is 11.8 Å². The number of carbonyl (C=O) groups is 1. The van der Waals surface area contributed by atoms with Gasteiger partial charge in [-0.3, -0.25) is 4.79 Å². The SMILES string of the molecule is O=C(CC1CC1)N1CCC(CBr)CC1. The van der Waals surface area contributed by atoms with Gasteiger partial charge < -0.3 is 4.90 Å². The molecule has 0 aromatic heterocycles. The van der Waals surface area contributed by atoms with Gasteiger partial charge in [-0.15, -0.1) is 0 Å². The number of amides is 1. The number of likely N-dealkylation sites (tertiary alicyclic amines) is 1. The molecule has 3 heteroatoms. The molecule has 14 heavy (non-hydrogen) atoms. The summed E-state index contributed by atoms with van der Waals surface area (Å²) in [5.41, 5.74) is 0. The standard InChI is InChI=1S/C11H18BrNO/c12-8-10-3-5-13(6-4-10)11(14)7-9-1-2-9/h9-10H,1-8H2. The summed E-state index contributed by atoms with van der Waals surface area (Å²) in [6, 6.07) is 0. The second-order valence-electron chi connectivity index (χ2n) is 4.63. The minimum Gasteiger partial charge on any atom is -0.343 e. The Hall–Kier alpha value is -0.0500. The van der Waals surface area contributed by atoms with Gasteiger partial charge in [0.15, 0.2) is 0 Å². The summed E-state index contributed by atoms with van der Waals surface area (Å²) in [5.74, 6) is 1.93. The van der Waals surface area contributed by atoms with Gasteiger partial charge in [-0.25, -0.2) is 0 Å². The molecule has 1 saturated heterocycles. The van der Waals surface area contributed by atoms with E-state index in [4.69, 9.17) is 0 Å². The lowest BCUT2D eigenvalue weighted by atomic mass is 9.99. The van der Waals surface area contributed by atoms with Gasteiger partial charge in [-0.05, 0) is 37.5 Å². The summed E-state index contributed by atoms with van der Waals surface area (Å²) in [4.78, 5) is 13.8. The van der Waals surface area contributed by atoms with E-state index in [9.17, 15) is 4.79 Å². The zero-order valence-electron chi connectivity index (χ0n) is 8.54. The van der Waals surface area contributed by atoms with Gasteiger partial charge in [0.2, 0.25) is 5.91 Å². The molecule has 1 aliphatic carbocycles. The molecule has 1 heterocycles. The minimum absolute atomic E-state index is 0.403. The maximum absolute atomic E-state index is 11.8. The van der Waals surface area contributed by atoms with Crippen LogP contribution in [0.5, 0.6) is 0 Å². The molecule has 80 valence electrons. The summed E-state index contributed by atoms with van der Waals surface area (Å²) in [6.45, 7) is 1.98. The maximum atomic E-state index is 11.8. The van der Waals surface area contributed by atoms with Crippen molar-refractivity contribution in [2.45, 2.75) is 32.1 Å². The van der Waals surface area contributed by atoms with E-state index in [1.165, 1.54) is 25.7 Å². The summed E-state index contributed by atoms with van der Waals surface area (Å²) in [6.07, 6.45) is 5.75. The van der Waals surface area contributed by atoms with Crippen molar-refractivity contribution in [2.75, 3.05) is 18.4 Å². The molecule has 0 aromatic rings. The maximum Gasteiger partial charge on any atom is 0.222 e. The number of halogens is 1. The second kappa shape index (κ2) is 4.65. The minimum atomic E-state index is 0.403. The number of alkyl halides is 1. The van der Waals surface area contributed by atoms with Gasteiger partial charge in [0, 0.05) is 24.8 Å². The topological polar surface area (TPSA) is 20.3 Å². The van der Waals surface area contributed by atoms with E-state index in [0.29, 0.717) is 5.91 Å². The van der Waals surface area contributed by atoms with Gasteiger partial charge in [0.1, 0.15) is 0 Å². The van der Waals surface area contributed by atoms with Crippen LogP contribution in [0.15, 0.2) is 0 Å². The first-order chi connectivity index (χ1) is 6.79. The van der Waals surface area contributed by atoms with E-state index in [1.807, 2.05) is 0 Å². The average Bonchev–Trinajstić information content (AvgIpc) is 3.02. The van der Waals surface area contributed by atoms with Gasteiger partial charge in [0.25, 0.3) is 0 Å². The van der Waals surface area contributed by atoms with Crippen LogP contribution in [-0.2, 0) is 4.79 Å². The Bertz CT molecular complexity index is 207.